The second-order valence-electron chi connectivity index (χ2n) is 7.41. The minimum absolute atomic E-state index is 0.142. The normalized spacial score (nSPS) is 16.4. The third kappa shape index (κ3) is 3.74. The highest BCUT2D eigenvalue weighted by Gasteiger charge is 2.31. The van der Waals surface area contributed by atoms with Crippen molar-refractivity contribution >= 4 is 39.7 Å². The number of rotatable bonds is 3. The zero-order chi connectivity index (χ0) is 20.5. The fraction of sp³-hybridized carbons (Fsp3) is 0.167. The molecule has 146 valence electrons. The van der Waals surface area contributed by atoms with Gasteiger partial charge in [-0.15, -0.1) is 0 Å². The van der Waals surface area contributed by atoms with Gasteiger partial charge < -0.3 is 16.0 Å². The summed E-state index contributed by atoms with van der Waals surface area (Å²) < 4.78 is 0. The highest BCUT2D eigenvalue weighted by Crippen LogP contribution is 2.32. The molecule has 4 nitrogen and oxygen atoms in total. The second-order valence-corrected chi connectivity index (χ2v) is 7.82. The highest BCUT2D eigenvalue weighted by atomic mass is 32.1. The van der Waals surface area contributed by atoms with Crippen molar-refractivity contribution in [3.63, 3.8) is 0 Å². The van der Waals surface area contributed by atoms with Gasteiger partial charge in [-0.25, -0.2) is 0 Å². The molecule has 3 aromatic rings. The number of hydrogen-bond acceptors (Lipinski definition) is 2. The van der Waals surface area contributed by atoms with Crippen LogP contribution < -0.4 is 16.0 Å². The maximum Gasteiger partial charge on any atom is 0.255 e. The van der Waals surface area contributed by atoms with E-state index >= 15 is 0 Å². The van der Waals surface area contributed by atoms with Crippen LogP contribution in [-0.4, -0.2) is 11.0 Å². The molecule has 0 aliphatic carbocycles. The second kappa shape index (κ2) is 7.68. The minimum atomic E-state index is -0.333. The van der Waals surface area contributed by atoms with Crippen LogP contribution in [0.4, 0.5) is 5.69 Å². The van der Waals surface area contributed by atoms with E-state index in [1.165, 1.54) is 0 Å². The maximum absolute atomic E-state index is 13.4. The summed E-state index contributed by atoms with van der Waals surface area (Å²) in [6.07, 6.45) is 0. The minimum Gasteiger partial charge on any atom is -0.351 e. The number of hydrogen-bond donors (Lipinski definition) is 3. The Morgan fingerprint density at radius 2 is 1.76 bits per heavy atom. The van der Waals surface area contributed by atoms with Gasteiger partial charge in [0.05, 0.1) is 11.6 Å². The number of thiocarbonyl (C=S) groups is 1. The van der Waals surface area contributed by atoms with Gasteiger partial charge in [0.25, 0.3) is 5.91 Å². The molecule has 1 aliphatic heterocycles. The van der Waals surface area contributed by atoms with Crippen LogP contribution in [0, 0.1) is 13.8 Å². The maximum atomic E-state index is 13.4. The lowest BCUT2D eigenvalue weighted by Crippen LogP contribution is -2.45. The number of fused-ring (bicyclic) bond motifs is 1. The molecular formula is C24H23N3OS. The number of benzene rings is 3. The molecular weight excluding hydrogens is 378 g/mol. The van der Waals surface area contributed by atoms with Crippen LogP contribution >= 0.6 is 12.2 Å². The van der Waals surface area contributed by atoms with Gasteiger partial charge in [-0.1, -0.05) is 54.6 Å². The summed E-state index contributed by atoms with van der Waals surface area (Å²) in [5, 5.41) is 12.2. The number of carbonyl (C=O) groups is 1. The van der Waals surface area contributed by atoms with E-state index in [0.717, 1.165) is 38.8 Å². The van der Waals surface area contributed by atoms with E-state index in [-0.39, 0.29) is 11.9 Å². The summed E-state index contributed by atoms with van der Waals surface area (Å²) in [5.74, 6) is -0.142. The molecule has 3 aromatic carbocycles. The third-order valence-electron chi connectivity index (χ3n) is 5.29. The topological polar surface area (TPSA) is 53.2 Å². The Labute approximate surface area is 176 Å². The summed E-state index contributed by atoms with van der Waals surface area (Å²) in [4.78, 5) is 13.4. The van der Waals surface area contributed by atoms with E-state index in [9.17, 15) is 4.79 Å². The van der Waals surface area contributed by atoms with Gasteiger partial charge in [-0.05, 0) is 66.5 Å². The van der Waals surface area contributed by atoms with Crippen molar-refractivity contribution in [3.8, 4) is 0 Å². The van der Waals surface area contributed by atoms with Crippen LogP contribution in [0.15, 0.2) is 71.9 Å². The standard InChI is InChI=1S/C24H23N3OS/c1-14-11-12-15(2)20(13-14)26-23(28)21-16(3)25-24(29)27-22(21)19-10-6-8-17-7-4-5-9-18(17)19/h4-13,22H,1-3H3,(H,26,28)(H2,25,27,29)/t22-/m0/s1. The molecule has 0 fully saturated rings. The van der Waals surface area contributed by atoms with Crippen molar-refractivity contribution in [2.45, 2.75) is 26.8 Å². The molecule has 0 unspecified atom stereocenters. The first-order chi connectivity index (χ1) is 13.9. The average Bonchev–Trinajstić information content (AvgIpc) is 2.69. The van der Waals surface area contributed by atoms with E-state index < -0.39 is 0 Å². The number of carbonyl (C=O) groups excluding carboxylic acids is 1. The van der Waals surface area contributed by atoms with Crippen molar-refractivity contribution < 1.29 is 4.79 Å². The molecule has 5 heteroatoms. The SMILES string of the molecule is CC1=C(C(=O)Nc2cc(C)ccc2C)[C@H](c2cccc3ccccc23)NC(=S)N1. The smallest absolute Gasteiger partial charge is 0.255 e. The molecule has 0 aromatic heterocycles. The molecule has 29 heavy (non-hydrogen) atoms. The van der Waals surface area contributed by atoms with E-state index in [1.54, 1.807) is 0 Å². The van der Waals surface area contributed by atoms with Crippen LogP contribution in [-0.2, 0) is 4.79 Å². The summed E-state index contributed by atoms with van der Waals surface area (Å²) >= 11 is 5.40. The molecule has 1 heterocycles. The average molecular weight is 402 g/mol. The van der Waals surface area contributed by atoms with Crippen LogP contribution in [0.1, 0.15) is 29.7 Å². The van der Waals surface area contributed by atoms with Gasteiger partial charge in [0, 0.05) is 11.4 Å². The Kier molecular flexibility index (Phi) is 5.07. The predicted octanol–water partition coefficient (Wildman–Crippen LogP) is 4.89. The quantitative estimate of drug-likeness (QED) is 0.547. The Hall–Kier alpha value is -3.18. The first-order valence-electron chi connectivity index (χ1n) is 9.58. The number of amides is 1. The Morgan fingerprint density at radius 1 is 1.00 bits per heavy atom. The van der Waals surface area contributed by atoms with Gasteiger partial charge in [0.1, 0.15) is 0 Å². The van der Waals surface area contributed by atoms with Gasteiger partial charge in [-0.3, -0.25) is 4.79 Å². The van der Waals surface area contributed by atoms with E-state index in [1.807, 2.05) is 63.2 Å². The number of anilines is 1. The van der Waals surface area contributed by atoms with Gasteiger partial charge in [-0.2, -0.15) is 0 Å². The lowest BCUT2D eigenvalue weighted by molar-refractivity contribution is -0.113. The summed E-state index contributed by atoms with van der Waals surface area (Å²) in [7, 11) is 0. The number of allylic oxidation sites excluding steroid dienone is 1. The number of aryl methyl sites for hydroxylation is 2. The first-order valence-corrected chi connectivity index (χ1v) is 9.99. The molecule has 0 bridgehead atoms. The lowest BCUT2D eigenvalue weighted by Gasteiger charge is -2.31. The van der Waals surface area contributed by atoms with Gasteiger partial charge in [0.15, 0.2) is 5.11 Å². The van der Waals surface area contributed by atoms with E-state index in [4.69, 9.17) is 12.2 Å². The van der Waals surface area contributed by atoms with Crippen molar-refractivity contribution in [2.75, 3.05) is 5.32 Å². The number of nitrogens with one attached hydrogen (secondary N) is 3. The van der Waals surface area contributed by atoms with Crippen LogP contribution in [0.2, 0.25) is 0 Å². The molecule has 4 rings (SSSR count). The molecule has 0 radical (unpaired) electrons. The fourth-order valence-electron chi connectivity index (χ4n) is 3.79. The molecule has 0 spiro atoms. The molecule has 1 amide bonds. The summed E-state index contributed by atoms with van der Waals surface area (Å²) in [6.45, 7) is 5.90. The zero-order valence-electron chi connectivity index (χ0n) is 16.7. The van der Waals surface area contributed by atoms with Crippen LogP contribution in [0.3, 0.4) is 0 Å². The summed E-state index contributed by atoms with van der Waals surface area (Å²) in [5.41, 5.74) is 5.36. The Balaban J connectivity index is 1.78. The van der Waals surface area contributed by atoms with E-state index in [0.29, 0.717) is 10.7 Å². The Bertz CT molecular complexity index is 1160. The van der Waals surface area contributed by atoms with Crippen LogP contribution in [0.5, 0.6) is 0 Å². The van der Waals surface area contributed by atoms with Crippen LogP contribution in [0.25, 0.3) is 10.8 Å². The first kappa shape index (κ1) is 19.2. The lowest BCUT2D eigenvalue weighted by atomic mass is 9.91. The molecule has 1 aliphatic rings. The molecule has 0 saturated carbocycles. The summed E-state index contributed by atoms with van der Waals surface area (Å²) in [6, 6.07) is 20.0. The van der Waals surface area contributed by atoms with Gasteiger partial charge in [0.2, 0.25) is 0 Å². The monoisotopic (exact) mass is 401 g/mol. The van der Waals surface area contributed by atoms with Crippen molar-refractivity contribution in [2.24, 2.45) is 0 Å². The van der Waals surface area contributed by atoms with Crippen molar-refractivity contribution in [1.82, 2.24) is 10.6 Å². The fourth-order valence-corrected chi connectivity index (χ4v) is 4.06. The third-order valence-corrected chi connectivity index (χ3v) is 5.51. The van der Waals surface area contributed by atoms with Crippen molar-refractivity contribution in [3.05, 3.63) is 88.6 Å². The molecule has 1 atom stereocenters. The largest absolute Gasteiger partial charge is 0.351 e. The zero-order valence-corrected chi connectivity index (χ0v) is 17.5. The van der Waals surface area contributed by atoms with E-state index in [2.05, 4.69) is 34.1 Å². The van der Waals surface area contributed by atoms with Crippen molar-refractivity contribution in [1.29, 1.82) is 0 Å². The predicted molar refractivity (Wildman–Crippen MR) is 123 cm³/mol. The van der Waals surface area contributed by atoms with Gasteiger partial charge >= 0.3 is 0 Å². The molecule has 0 saturated heterocycles. The molecule has 3 N–H and O–H groups in total. The highest BCUT2D eigenvalue weighted by molar-refractivity contribution is 7.80. The Morgan fingerprint density at radius 3 is 2.59 bits per heavy atom.